The van der Waals surface area contributed by atoms with Gasteiger partial charge in [-0.05, 0) is 0 Å². The number of esters is 2. The van der Waals surface area contributed by atoms with Crippen LogP contribution in [0, 0.1) is 0 Å². The van der Waals surface area contributed by atoms with Crippen molar-refractivity contribution in [3.05, 3.63) is 0 Å². The van der Waals surface area contributed by atoms with Gasteiger partial charge in [0, 0.05) is 0 Å². The Hall–Kier alpha value is 0.246. The van der Waals surface area contributed by atoms with Crippen molar-refractivity contribution in [3.63, 3.8) is 0 Å². The molecule has 0 atom stereocenters. The van der Waals surface area contributed by atoms with Crippen molar-refractivity contribution in [1.29, 1.82) is 0 Å². The van der Waals surface area contributed by atoms with Crippen LogP contribution in [-0.2, 0) is 23.9 Å². The fourth-order valence-electron chi connectivity index (χ4n) is 0.389. The van der Waals surface area contributed by atoms with Crippen molar-refractivity contribution in [1.82, 2.24) is 0 Å². The Labute approximate surface area is 114 Å². The van der Waals surface area contributed by atoms with Crippen molar-refractivity contribution in [2.45, 2.75) is 6.42 Å². The number of carbonyl (C=O) groups is 3. The predicted octanol–water partition coefficient (Wildman–Crippen LogP) is -3.59. The number of rotatable bonds is 3. The molecule has 12 heavy (non-hydrogen) atoms. The van der Waals surface area contributed by atoms with Crippen molar-refractivity contribution in [2.24, 2.45) is 0 Å². The second-order valence-corrected chi connectivity index (χ2v) is 1.67. The van der Waals surface area contributed by atoms with Crippen LogP contribution < -0.4 is 51.4 Å². The van der Waals surface area contributed by atoms with Gasteiger partial charge in [0.25, 0.3) is 5.78 Å². The molecule has 0 N–H and O–H groups in total. The summed E-state index contributed by atoms with van der Waals surface area (Å²) in [4.78, 5) is 31.3. The molecule has 0 unspecified atom stereocenters. The number of methoxy groups -OCH3 is 2. The number of hydrogen-bond donors (Lipinski definition) is 0. The molecule has 0 aliphatic heterocycles. The third-order valence-corrected chi connectivity index (χ3v) is 0.946. The Balaban J connectivity index is -0.000000500. The average molecular weight is 200 g/mol. The molecule has 0 heterocycles. The molecule has 0 bridgehead atoms. The van der Waals surface area contributed by atoms with E-state index >= 15 is 0 Å². The Morgan fingerprint density at radius 1 is 1.17 bits per heavy atom. The largest absolute Gasteiger partial charge is 1.00 e. The minimum atomic E-state index is -1.03. The quantitative estimate of drug-likeness (QED) is 0.204. The fraction of sp³-hybridized carbons (Fsp3) is 0.500. The first-order valence-corrected chi connectivity index (χ1v) is 2.79. The van der Waals surface area contributed by atoms with Crippen LogP contribution in [0.3, 0.4) is 0 Å². The van der Waals surface area contributed by atoms with Gasteiger partial charge >= 0.3 is 63.3 Å². The van der Waals surface area contributed by atoms with Crippen LogP contribution in [0.15, 0.2) is 0 Å². The van der Waals surface area contributed by atoms with Gasteiger partial charge in [0.2, 0.25) is 0 Å². The minimum absolute atomic E-state index is 0. The van der Waals surface area contributed by atoms with Crippen LogP contribution in [-0.4, -0.2) is 31.9 Å². The van der Waals surface area contributed by atoms with Crippen LogP contribution in [0.2, 0.25) is 0 Å². The van der Waals surface area contributed by atoms with Crippen molar-refractivity contribution >= 4 is 17.7 Å². The topological polar surface area (TPSA) is 69.7 Å². The predicted molar refractivity (Wildman–Crippen MR) is 34.8 cm³/mol. The van der Waals surface area contributed by atoms with E-state index in [0.717, 1.165) is 14.2 Å². The molecule has 0 rings (SSSR count). The van der Waals surface area contributed by atoms with Gasteiger partial charge in [-0.1, -0.05) is 0 Å². The average Bonchev–Trinajstić information content (AvgIpc) is 2.02. The van der Waals surface area contributed by atoms with Gasteiger partial charge in [0.1, 0.15) is 6.42 Å². The van der Waals surface area contributed by atoms with Crippen molar-refractivity contribution < 1.29 is 76.7 Å². The van der Waals surface area contributed by atoms with E-state index in [2.05, 4.69) is 9.47 Å². The molecule has 5 nitrogen and oxygen atoms in total. The monoisotopic (exact) mass is 200 g/mol. The first-order valence-electron chi connectivity index (χ1n) is 2.79. The second kappa shape index (κ2) is 7.87. The molecular weight excluding hydrogens is 191 g/mol. The summed E-state index contributed by atoms with van der Waals surface area (Å²) < 4.78 is 8.21. The normalized spacial score (nSPS) is 7.83. The zero-order chi connectivity index (χ0) is 8.85. The maximum Gasteiger partial charge on any atom is 1.00 e. The first-order chi connectivity index (χ1) is 5.11. The molecule has 0 aromatic rings. The molecule has 0 radical (unpaired) electrons. The van der Waals surface area contributed by atoms with E-state index in [9.17, 15) is 14.4 Å². The summed E-state index contributed by atoms with van der Waals surface area (Å²) >= 11 is 0. The number of ketones is 1. The summed E-state index contributed by atoms with van der Waals surface area (Å²) in [5, 5.41) is 0. The summed E-state index contributed by atoms with van der Waals surface area (Å²) in [5.74, 6) is -2.69. The molecule has 0 aliphatic rings. The van der Waals surface area contributed by atoms with E-state index in [1.807, 2.05) is 0 Å². The minimum Gasteiger partial charge on any atom is -1.00 e. The van der Waals surface area contributed by atoms with E-state index in [1.54, 1.807) is 0 Å². The van der Waals surface area contributed by atoms with E-state index in [-0.39, 0.29) is 52.8 Å². The molecule has 0 saturated heterocycles. The number of hydrogen-bond acceptors (Lipinski definition) is 5. The molecular formula is C6H9KO5. The zero-order valence-electron chi connectivity index (χ0n) is 8.25. The van der Waals surface area contributed by atoms with Gasteiger partial charge in [-0.2, -0.15) is 0 Å². The van der Waals surface area contributed by atoms with E-state index in [4.69, 9.17) is 0 Å². The van der Waals surface area contributed by atoms with Crippen molar-refractivity contribution in [3.8, 4) is 0 Å². The standard InChI is InChI=1S/C6H8O5.K.H/c1-10-5(8)3-4(7)6(9)11-2;;/h3H2,1-2H3;;/q;+1;-1. The van der Waals surface area contributed by atoms with E-state index in [0.29, 0.717) is 0 Å². The SMILES string of the molecule is COC(=O)CC(=O)C(=O)OC.[H-].[K+]. The molecule has 0 fully saturated rings. The molecule has 0 aliphatic carbocycles. The summed E-state index contributed by atoms with van der Waals surface area (Å²) in [6.07, 6.45) is -0.566. The molecule has 0 aromatic carbocycles. The molecule has 0 amide bonds. The molecule has 6 heteroatoms. The Morgan fingerprint density at radius 3 is 2.00 bits per heavy atom. The summed E-state index contributed by atoms with van der Waals surface area (Å²) in [6, 6.07) is 0. The van der Waals surface area contributed by atoms with E-state index in [1.165, 1.54) is 0 Å². The molecule has 0 saturated carbocycles. The van der Waals surface area contributed by atoms with Gasteiger partial charge in [-0.3, -0.25) is 9.59 Å². The molecule has 0 aromatic heterocycles. The van der Waals surface area contributed by atoms with Crippen LogP contribution in [0.25, 0.3) is 0 Å². The number of Topliss-reactive ketones (excluding diaryl/α,β-unsaturated/α-hetero) is 1. The number of carbonyl (C=O) groups excluding carboxylic acids is 3. The van der Waals surface area contributed by atoms with Crippen molar-refractivity contribution in [2.75, 3.05) is 14.2 Å². The van der Waals surface area contributed by atoms with Gasteiger partial charge in [-0.15, -0.1) is 0 Å². The Bertz CT molecular complexity index is 193. The van der Waals surface area contributed by atoms with E-state index < -0.39 is 24.1 Å². The molecule has 0 spiro atoms. The van der Waals surface area contributed by atoms with Gasteiger partial charge in [0.05, 0.1) is 14.2 Å². The van der Waals surface area contributed by atoms with Gasteiger partial charge in [-0.25, -0.2) is 4.79 Å². The summed E-state index contributed by atoms with van der Waals surface area (Å²) in [7, 11) is 2.20. The summed E-state index contributed by atoms with van der Waals surface area (Å²) in [5.41, 5.74) is 0. The van der Waals surface area contributed by atoms with Crippen LogP contribution in [0.1, 0.15) is 7.85 Å². The van der Waals surface area contributed by atoms with Crippen LogP contribution in [0.4, 0.5) is 0 Å². The number of ether oxygens (including phenoxy) is 2. The van der Waals surface area contributed by atoms with Gasteiger partial charge in [0.15, 0.2) is 0 Å². The third kappa shape index (κ3) is 5.84. The summed E-state index contributed by atoms with van der Waals surface area (Å²) in [6.45, 7) is 0. The fourth-order valence-corrected chi connectivity index (χ4v) is 0.389. The Kier molecular flexibility index (Phi) is 9.68. The maximum atomic E-state index is 10.6. The second-order valence-electron chi connectivity index (χ2n) is 1.67. The first kappa shape index (κ1) is 14.8. The zero-order valence-corrected chi connectivity index (χ0v) is 10.4. The Morgan fingerprint density at radius 2 is 1.67 bits per heavy atom. The smallest absolute Gasteiger partial charge is 1.00 e. The van der Waals surface area contributed by atoms with Crippen LogP contribution in [0.5, 0.6) is 0 Å². The molecule has 64 valence electrons. The maximum absolute atomic E-state index is 10.6. The third-order valence-electron chi connectivity index (χ3n) is 0.946. The van der Waals surface area contributed by atoms with Crippen LogP contribution >= 0.6 is 0 Å². The van der Waals surface area contributed by atoms with Gasteiger partial charge < -0.3 is 10.9 Å².